The van der Waals surface area contributed by atoms with E-state index in [1.54, 1.807) is 24.3 Å². The fraction of sp³-hybridized carbons (Fsp3) is 0.105. The van der Waals surface area contributed by atoms with Crippen LogP contribution in [0.5, 0.6) is 0 Å². The topological polar surface area (TPSA) is 79.3 Å². The smallest absolute Gasteiger partial charge is 0.326 e. The second kappa shape index (κ2) is 7.32. The first-order valence-electron chi connectivity index (χ1n) is 7.66. The van der Waals surface area contributed by atoms with E-state index in [0.29, 0.717) is 16.3 Å². The zero-order valence-electron chi connectivity index (χ0n) is 13.1. The molecule has 0 unspecified atom stereocenters. The number of hydrogen-bond acceptors (Lipinski definition) is 3. The number of benzene rings is 2. The van der Waals surface area contributed by atoms with Gasteiger partial charge < -0.3 is 10.4 Å². The third-order valence-electron chi connectivity index (χ3n) is 3.87. The number of pyridine rings is 1. The van der Waals surface area contributed by atoms with Crippen LogP contribution in [-0.4, -0.2) is 28.0 Å². The number of carbonyl (C=O) groups is 2. The third kappa shape index (κ3) is 3.95. The second-order valence-corrected chi connectivity index (χ2v) is 5.97. The summed E-state index contributed by atoms with van der Waals surface area (Å²) in [5.74, 6) is -1.53. The highest BCUT2D eigenvalue weighted by Crippen LogP contribution is 2.18. The van der Waals surface area contributed by atoms with E-state index in [-0.39, 0.29) is 6.42 Å². The summed E-state index contributed by atoms with van der Waals surface area (Å²) in [7, 11) is 0. The van der Waals surface area contributed by atoms with Crippen molar-refractivity contribution in [3.05, 3.63) is 77.1 Å². The van der Waals surface area contributed by atoms with Gasteiger partial charge >= 0.3 is 5.97 Å². The van der Waals surface area contributed by atoms with Crippen LogP contribution >= 0.6 is 11.6 Å². The molecule has 1 atom stereocenters. The summed E-state index contributed by atoms with van der Waals surface area (Å²) in [4.78, 5) is 28.1. The van der Waals surface area contributed by atoms with Gasteiger partial charge in [0.1, 0.15) is 11.2 Å². The van der Waals surface area contributed by atoms with Gasteiger partial charge in [0, 0.05) is 18.2 Å². The Balaban J connectivity index is 1.83. The maximum absolute atomic E-state index is 12.6. The Morgan fingerprint density at radius 3 is 2.56 bits per heavy atom. The molecule has 1 amide bonds. The average Bonchev–Trinajstić information content (AvgIpc) is 2.62. The molecule has 0 aliphatic rings. The van der Waals surface area contributed by atoms with Crippen LogP contribution in [0.1, 0.15) is 15.9 Å². The van der Waals surface area contributed by atoms with E-state index in [2.05, 4.69) is 10.3 Å². The summed E-state index contributed by atoms with van der Waals surface area (Å²) in [6.07, 6.45) is 1.62. The number of carbonyl (C=O) groups excluding carboxylic acids is 1. The summed E-state index contributed by atoms with van der Waals surface area (Å²) in [6, 6.07) is 15.0. The van der Waals surface area contributed by atoms with E-state index in [0.717, 1.165) is 10.8 Å². The van der Waals surface area contributed by atoms with Crippen LogP contribution in [-0.2, 0) is 11.2 Å². The van der Waals surface area contributed by atoms with Crippen molar-refractivity contribution >= 4 is 34.2 Å². The van der Waals surface area contributed by atoms with Crippen LogP contribution in [0, 0.1) is 0 Å². The van der Waals surface area contributed by atoms with Crippen LogP contribution in [0.2, 0.25) is 5.15 Å². The van der Waals surface area contributed by atoms with Crippen molar-refractivity contribution in [3.8, 4) is 0 Å². The summed E-state index contributed by atoms with van der Waals surface area (Å²) in [6.45, 7) is 0. The average molecular weight is 355 g/mol. The molecule has 2 N–H and O–H groups in total. The minimum absolute atomic E-state index is 0.121. The molecule has 3 rings (SSSR count). The lowest BCUT2D eigenvalue weighted by Crippen LogP contribution is -2.42. The molecular formula is C19H15ClN2O3. The Morgan fingerprint density at radius 1 is 1.08 bits per heavy atom. The maximum atomic E-state index is 12.6. The molecule has 2 aromatic carbocycles. The maximum Gasteiger partial charge on any atom is 0.326 e. The highest BCUT2D eigenvalue weighted by Gasteiger charge is 2.22. The predicted octanol–water partition coefficient (Wildman–Crippen LogP) is 3.31. The van der Waals surface area contributed by atoms with Gasteiger partial charge in [-0.2, -0.15) is 0 Å². The zero-order valence-corrected chi connectivity index (χ0v) is 13.9. The number of aromatic nitrogens is 1. The van der Waals surface area contributed by atoms with E-state index in [9.17, 15) is 14.7 Å². The molecule has 3 aromatic rings. The van der Waals surface area contributed by atoms with Crippen molar-refractivity contribution < 1.29 is 14.7 Å². The highest BCUT2D eigenvalue weighted by molar-refractivity contribution is 6.29. The molecule has 1 heterocycles. The Labute approximate surface area is 149 Å². The predicted molar refractivity (Wildman–Crippen MR) is 95.8 cm³/mol. The molecule has 0 saturated carbocycles. The zero-order chi connectivity index (χ0) is 17.8. The second-order valence-electron chi connectivity index (χ2n) is 5.58. The molecule has 126 valence electrons. The molecule has 0 fully saturated rings. The minimum Gasteiger partial charge on any atom is -0.480 e. The summed E-state index contributed by atoms with van der Waals surface area (Å²) < 4.78 is 0. The number of hydrogen-bond donors (Lipinski definition) is 2. The fourth-order valence-corrected chi connectivity index (χ4v) is 2.73. The SMILES string of the molecule is O=C(N[C@@H](Cc1ccc(Cl)nc1)C(=O)O)c1cccc2ccccc12. The number of carboxylic acids is 1. The van der Waals surface area contributed by atoms with Crippen molar-refractivity contribution in [3.63, 3.8) is 0 Å². The number of halogens is 1. The van der Waals surface area contributed by atoms with Gasteiger partial charge in [0.05, 0.1) is 0 Å². The lowest BCUT2D eigenvalue weighted by atomic mass is 10.0. The Hall–Kier alpha value is -2.92. The summed E-state index contributed by atoms with van der Waals surface area (Å²) >= 11 is 5.73. The van der Waals surface area contributed by atoms with Gasteiger partial charge in [-0.05, 0) is 28.5 Å². The monoisotopic (exact) mass is 354 g/mol. The van der Waals surface area contributed by atoms with Gasteiger partial charge in [0.2, 0.25) is 0 Å². The lowest BCUT2D eigenvalue weighted by Gasteiger charge is -2.15. The molecule has 1 aromatic heterocycles. The molecule has 0 saturated heterocycles. The number of rotatable bonds is 5. The Bertz CT molecular complexity index is 920. The molecule has 25 heavy (non-hydrogen) atoms. The quantitative estimate of drug-likeness (QED) is 0.689. The van der Waals surface area contributed by atoms with E-state index in [4.69, 9.17) is 11.6 Å². The van der Waals surface area contributed by atoms with Gasteiger partial charge in [0.25, 0.3) is 5.91 Å². The van der Waals surface area contributed by atoms with Gasteiger partial charge in [0.15, 0.2) is 0 Å². The van der Waals surface area contributed by atoms with Gasteiger partial charge in [-0.25, -0.2) is 9.78 Å². The number of nitrogens with one attached hydrogen (secondary N) is 1. The van der Waals surface area contributed by atoms with E-state index < -0.39 is 17.9 Å². The molecule has 0 aliphatic carbocycles. The molecule has 0 bridgehead atoms. The largest absolute Gasteiger partial charge is 0.480 e. The first-order valence-corrected chi connectivity index (χ1v) is 8.04. The summed E-state index contributed by atoms with van der Waals surface area (Å²) in [5.41, 5.74) is 1.12. The highest BCUT2D eigenvalue weighted by atomic mass is 35.5. The molecule has 0 radical (unpaired) electrons. The van der Waals surface area contributed by atoms with Crippen molar-refractivity contribution in [2.24, 2.45) is 0 Å². The van der Waals surface area contributed by atoms with Crippen molar-refractivity contribution in [1.82, 2.24) is 10.3 Å². The molecule has 0 spiro atoms. The van der Waals surface area contributed by atoms with E-state index >= 15 is 0 Å². The van der Waals surface area contributed by atoms with Gasteiger partial charge in [-0.1, -0.05) is 54.1 Å². The lowest BCUT2D eigenvalue weighted by molar-refractivity contribution is -0.139. The van der Waals surface area contributed by atoms with E-state index in [1.165, 1.54) is 6.20 Å². The number of aliphatic carboxylic acids is 1. The van der Waals surface area contributed by atoms with Crippen LogP contribution < -0.4 is 5.32 Å². The number of nitrogens with zero attached hydrogens (tertiary/aromatic N) is 1. The molecular weight excluding hydrogens is 340 g/mol. The van der Waals surface area contributed by atoms with Gasteiger partial charge in [-0.15, -0.1) is 0 Å². The van der Waals surface area contributed by atoms with Crippen LogP contribution in [0.15, 0.2) is 60.8 Å². The molecule has 6 heteroatoms. The van der Waals surface area contributed by atoms with E-state index in [1.807, 2.05) is 30.3 Å². The number of amides is 1. The van der Waals surface area contributed by atoms with Crippen molar-refractivity contribution in [2.45, 2.75) is 12.5 Å². The fourth-order valence-electron chi connectivity index (χ4n) is 2.62. The van der Waals surface area contributed by atoms with Gasteiger partial charge in [-0.3, -0.25) is 4.79 Å². The van der Waals surface area contributed by atoms with Crippen LogP contribution in [0.25, 0.3) is 10.8 Å². The van der Waals surface area contributed by atoms with Crippen LogP contribution in [0.3, 0.4) is 0 Å². The molecule has 5 nitrogen and oxygen atoms in total. The Morgan fingerprint density at radius 2 is 1.84 bits per heavy atom. The summed E-state index contributed by atoms with van der Waals surface area (Å²) in [5, 5.41) is 14.1. The third-order valence-corrected chi connectivity index (χ3v) is 4.09. The first kappa shape index (κ1) is 16.9. The standard InChI is InChI=1S/C19H15ClN2O3/c20-17-9-8-12(11-21-17)10-16(19(24)25)22-18(23)15-7-3-5-13-4-1-2-6-14(13)15/h1-9,11,16H,10H2,(H,22,23)(H,24,25)/t16-/m0/s1. The minimum atomic E-state index is -1.11. The normalized spacial score (nSPS) is 11.9. The van der Waals surface area contributed by atoms with Crippen molar-refractivity contribution in [1.29, 1.82) is 0 Å². The molecule has 0 aliphatic heterocycles. The Kier molecular flexibility index (Phi) is 4.95. The first-order chi connectivity index (χ1) is 12.0. The van der Waals surface area contributed by atoms with Crippen LogP contribution in [0.4, 0.5) is 0 Å². The number of carboxylic acid groups (broad SMARTS) is 1. The van der Waals surface area contributed by atoms with Crippen molar-refractivity contribution in [2.75, 3.05) is 0 Å². The number of fused-ring (bicyclic) bond motifs is 1.